The number of aryl methyl sites for hydroxylation is 1. The minimum atomic E-state index is -0.252. The number of benzene rings is 2. The van der Waals surface area contributed by atoms with Crippen LogP contribution in [-0.4, -0.2) is 25.7 Å². The van der Waals surface area contributed by atoms with Crippen LogP contribution in [0.2, 0.25) is 5.02 Å². The minimum Gasteiger partial charge on any atom is -0.321 e. The van der Waals surface area contributed by atoms with Gasteiger partial charge in [0.2, 0.25) is 0 Å². The number of carbonyl (C=O) groups excluding carboxylic acids is 1. The minimum absolute atomic E-state index is 0.246. The molecule has 5 rings (SSSR count). The average Bonchev–Trinajstić information content (AvgIpc) is 3.32. The largest absolute Gasteiger partial charge is 0.321 e. The maximum atomic E-state index is 12.9. The Morgan fingerprint density at radius 3 is 2.87 bits per heavy atom. The predicted molar refractivity (Wildman–Crippen MR) is 123 cm³/mol. The van der Waals surface area contributed by atoms with Gasteiger partial charge in [-0.1, -0.05) is 29.8 Å². The second-order valence-corrected chi connectivity index (χ2v) is 8.52. The lowest BCUT2D eigenvalue weighted by Gasteiger charge is -2.06. The molecule has 0 atom stereocenters. The van der Waals surface area contributed by atoms with Gasteiger partial charge in [-0.3, -0.25) is 14.3 Å². The Bertz CT molecular complexity index is 1520. The molecule has 0 saturated heterocycles. The van der Waals surface area contributed by atoms with E-state index in [0.717, 1.165) is 21.5 Å². The Morgan fingerprint density at radius 1 is 1.19 bits per heavy atom. The fraction of sp³-hybridized carbons (Fsp3) is 0.0909. The number of amides is 1. The molecule has 31 heavy (non-hydrogen) atoms. The van der Waals surface area contributed by atoms with Crippen LogP contribution in [0.25, 0.3) is 21.1 Å². The van der Waals surface area contributed by atoms with Crippen molar-refractivity contribution < 1.29 is 4.79 Å². The van der Waals surface area contributed by atoms with Crippen molar-refractivity contribution in [1.82, 2.24) is 19.7 Å². The lowest BCUT2D eigenvalue weighted by atomic mass is 10.2. The molecule has 1 amide bonds. The predicted octanol–water partition coefficient (Wildman–Crippen LogP) is 4.60. The van der Waals surface area contributed by atoms with E-state index in [2.05, 4.69) is 20.4 Å². The summed E-state index contributed by atoms with van der Waals surface area (Å²) in [5.41, 5.74) is 2.66. The number of nitrogens with zero attached hydrogens (tertiary/aromatic N) is 3. The first-order valence-corrected chi connectivity index (χ1v) is 10.7. The van der Waals surface area contributed by atoms with E-state index in [1.807, 2.05) is 41.9 Å². The molecule has 154 valence electrons. The number of aromatic nitrogens is 4. The molecule has 0 aliphatic rings. The number of hydrogen-bond acceptors (Lipinski definition) is 5. The zero-order valence-electron chi connectivity index (χ0n) is 16.3. The van der Waals surface area contributed by atoms with Gasteiger partial charge in [0.25, 0.3) is 11.5 Å². The normalized spacial score (nSPS) is 11.3. The van der Waals surface area contributed by atoms with E-state index in [0.29, 0.717) is 33.0 Å². The maximum Gasteiger partial charge on any atom is 0.265 e. The van der Waals surface area contributed by atoms with Crippen molar-refractivity contribution in [2.24, 2.45) is 0 Å². The fourth-order valence-electron chi connectivity index (χ4n) is 3.46. The molecule has 0 unspecified atom stereocenters. The first-order chi connectivity index (χ1) is 15.0. The van der Waals surface area contributed by atoms with E-state index in [4.69, 9.17) is 11.6 Å². The van der Waals surface area contributed by atoms with Crippen molar-refractivity contribution in [2.75, 3.05) is 5.32 Å². The van der Waals surface area contributed by atoms with E-state index < -0.39 is 0 Å². The number of fused-ring (bicyclic) bond motifs is 2. The second kappa shape index (κ2) is 7.64. The zero-order chi connectivity index (χ0) is 21.5. The number of carbonyl (C=O) groups is 1. The number of hydrogen-bond donors (Lipinski definition) is 2. The van der Waals surface area contributed by atoms with Gasteiger partial charge in [-0.15, -0.1) is 11.3 Å². The lowest BCUT2D eigenvalue weighted by Crippen LogP contribution is -2.11. The van der Waals surface area contributed by atoms with Crippen LogP contribution in [0.1, 0.15) is 20.9 Å². The van der Waals surface area contributed by atoms with Gasteiger partial charge in [0.15, 0.2) is 0 Å². The SMILES string of the molecule is Cc1nn(Cc2ccccc2Cl)c2sc(C(=O)Nc3ccc4nc[nH]c(=O)c4c3)cc12. The first-order valence-electron chi connectivity index (χ1n) is 9.49. The van der Waals surface area contributed by atoms with Crippen molar-refractivity contribution in [3.63, 3.8) is 0 Å². The van der Waals surface area contributed by atoms with Crippen LogP contribution in [0, 0.1) is 6.92 Å². The van der Waals surface area contributed by atoms with Crippen LogP contribution in [-0.2, 0) is 6.54 Å². The summed E-state index contributed by atoms with van der Waals surface area (Å²) in [5.74, 6) is -0.246. The highest BCUT2D eigenvalue weighted by molar-refractivity contribution is 7.20. The van der Waals surface area contributed by atoms with Gasteiger partial charge in [-0.2, -0.15) is 5.10 Å². The van der Waals surface area contributed by atoms with Gasteiger partial charge in [-0.05, 0) is 42.8 Å². The molecule has 0 aliphatic heterocycles. The molecule has 7 nitrogen and oxygen atoms in total. The Kier molecular flexibility index (Phi) is 4.80. The molecule has 0 radical (unpaired) electrons. The molecule has 0 saturated carbocycles. The van der Waals surface area contributed by atoms with Gasteiger partial charge in [-0.25, -0.2) is 4.98 Å². The van der Waals surface area contributed by atoms with Crippen LogP contribution in [0.5, 0.6) is 0 Å². The van der Waals surface area contributed by atoms with E-state index in [-0.39, 0.29) is 11.5 Å². The molecule has 5 aromatic rings. The summed E-state index contributed by atoms with van der Waals surface area (Å²) in [5, 5.41) is 9.50. The summed E-state index contributed by atoms with van der Waals surface area (Å²) in [6.07, 6.45) is 1.36. The van der Waals surface area contributed by atoms with Gasteiger partial charge >= 0.3 is 0 Å². The standard InChI is InChI=1S/C22H16ClN5O2S/c1-12-15-9-19(31-22(15)28(27-12)10-13-4-2-3-5-17(13)23)21(30)26-14-6-7-18-16(8-14)20(29)25-11-24-18/h2-9,11H,10H2,1H3,(H,26,30)(H,24,25,29). The third-order valence-electron chi connectivity index (χ3n) is 5.01. The van der Waals surface area contributed by atoms with Crippen molar-refractivity contribution >= 4 is 55.7 Å². The smallest absolute Gasteiger partial charge is 0.265 e. The van der Waals surface area contributed by atoms with Crippen molar-refractivity contribution in [2.45, 2.75) is 13.5 Å². The number of H-pyrrole nitrogens is 1. The molecule has 0 spiro atoms. The molecule has 0 aliphatic carbocycles. The Hall–Kier alpha value is -3.49. The highest BCUT2D eigenvalue weighted by Gasteiger charge is 2.17. The van der Waals surface area contributed by atoms with E-state index in [1.165, 1.54) is 17.7 Å². The van der Waals surface area contributed by atoms with E-state index in [9.17, 15) is 9.59 Å². The van der Waals surface area contributed by atoms with Gasteiger partial charge < -0.3 is 10.3 Å². The molecular formula is C22H16ClN5O2S. The van der Waals surface area contributed by atoms with Crippen molar-refractivity contribution in [3.05, 3.63) is 86.4 Å². The van der Waals surface area contributed by atoms with Crippen LogP contribution < -0.4 is 10.9 Å². The van der Waals surface area contributed by atoms with Crippen molar-refractivity contribution in [1.29, 1.82) is 0 Å². The molecule has 2 N–H and O–H groups in total. The summed E-state index contributed by atoms with van der Waals surface area (Å²) in [4.78, 5) is 33.0. The highest BCUT2D eigenvalue weighted by atomic mass is 35.5. The van der Waals surface area contributed by atoms with Crippen LogP contribution in [0.15, 0.2) is 59.7 Å². The summed E-state index contributed by atoms with van der Waals surface area (Å²) in [6.45, 7) is 2.44. The summed E-state index contributed by atoms with van der Waals surface area (Å²) < 4.78 is 1.87. The fourth-order valence-corrected chi connectivity index (χ4v) is 4.71. The molecule has 3 heterocycles. The number of aromatic amines is 1. The van der Waals surface area contributed by atoms with Gasteiger partial charge in [0, 0.05) is 16.1 Å². The maximum absolute atomic E-state index is 12.9. The van der Waals surface area contributed by atoms with Crippen molar-refractivity contribution in [3.8, 4) is 0 Å². The summed E-state index contributed by atoms with van der Waals surface area (Å²) >= 11 is 7.67. The van der Waals surface area contributed by atoms with Gasteiger partial charge in [0.05, 0.1) is 34.3 Å². The first kappa shape index (κ1) is 19.5. The topological polar surface area (TPSA) is 92.7 Å². The van der Waals surface area contributed by atoms with Crippen LogP contribution in [0.4, 0.5) is 5.69 Å². The quantitative estimate of drug-likeness (QED) is 0.419. The Balaban J connectivity index is 1.45. The molecule has 0 bridgehead atoms. The number of rotatable bonds is 4. The Labute approximate surface area is 185 Å². The number of nitrogens with one attached hydrogen (secondary N) is 2. The van der Waals surface area contributed by atoms with E-state index >= 15 is 0 Å². The second-order valence-electron chi connectivity index (χ2n) is 7.08. The third-order valence-corrected chi connectivity index (χ3v) is 6.52. The summed E-state index contributed by atoms with van der Waals surface area (Å²) in [7, 11) is 0. The molecule has 2 aromatic carbocycles. The van der Waals surface area contributed by atoms with Crippen LogP contribution in [0.3, 0.4) is 0 Å². The van der Waals surface area contributed by atoms with Gasteiger partial charge in [0.1, 0.15) is 4.83 Å². The number of halogens is 1. The summed E-state index contributed by atoms with van der Waals surface area (Å²) in [6, 6.07) is 14.5. The number of anilines is 1. The zero-order valence-corrected chi connectivity index (χ0v) is 17.9. The number of thiophene rings is 1. The van der Waals surface area contributed by atoms with E-state index in [1.54, 1.807) is 18.2 Å². The molecule has 9 heteroatoms. The molecule has 0 fully saturated rings. The molecule has 3 aromatic heterocycles. The Morgan fingerprint density at radius 2 is 2.03 bits per heavy atom. The molecular weight excluding hydrogens is 434 g/mol. The average molecular weight is 450 g/mol. The van der Waals surface area contributed by atoms with Crippen LogP contribution >= 0.6 is 22.9 Å². The monoisotopic (exact) mass is 449 g/mol. The lowest BCUT2D eigenvalue weighted by molar-refractivity contribution is 0.103. The third kappa shape index (κ3) is 3.60. The highest BCUT2D eigenvalue weighted by Crippen LogP contribution is 2.30.